The van der Waals surface area contributed by atoms with Crippen molar-refractivity contribution in [3.05, 3.63) is 77.1 Å². The second kappa shape index (κ2) is 10.1. The van der Waals surface area contributed by atoms with Gasteiger partial charge in [0, 0.05) is 18.4 Å². The van der Waals surface area contributed by atoms with Gasteiger partial charge in [-0.25, -0.2) is 9.97 Å². The summed E-state index contributed by atoms with van der Waals surface area (Å²) in [6.45, 7) is 2.50. The summed E-state index contributed by atoms with van der Waals surface area (Å²) in [5.74, 6) is 3.17. The van der Waals surface area contributed by atoms with E-state index >= 15 is 0 Å². The zero-order valence-corrected chi connectivity index (χ0v) is 18.4. The summed E-state index contributed by atoms with van der Waals surface area (Å²) in [5, 5.41) is 4.54. The lowest BCUT2D eigenvalue weighted by Gasteiger charge is -2.28. The molecule has 0 spiro atoms. The van der Waals surface area contributed by atoms with Crippen LogP contribution in [0.5, 0.6) is 0 Å². The molecule has 0 fully saturated rings. The van der Waals surface area contributed by atoms with Gasteiger partial charge in [-0.3, -0.25) is 0 Å². The molecule has 5 nitrogen and oxygen atoms in total. The molecule has 0 bridgehead atoms. The molecule has 5 heteroatoms. The van der Waals surface area contributed by atoms with Gasteiger partial charge in [0.25, 0.3) is 0 Å². The predicted molar refractivity (Wildman–Crippen MR) is 129 cm³/mol. The molecule has 1 unspecified atom stereocenters. The van der Waals surface area contributed by atoms with Gasteiger partial charge in [-0.1, -0.05) is 59.8 Å². The zero-order valence-electron chi connectivity index (χ0n) is 18.4. The number of hydrogen-bond donors (Lipinski definition) is 1. The fraction of sp³-hybridized carbons (Fsp3) is 0.296. The Balaban J connectivity index is 1.67. The molecule has 1 aromatic heterocycles. The molecular formula is C27H28N4O. The van der Waals surface area contributed by atoms with Crippen molar-refractivity contribution >= 4 is 11.7 Å². The van der Waals surface area contributed by atoms with Crippen molar-refractivity contribution in [3.63, 3.8) is 0 Å². The molecule has 3 aromatic rings. The number of aromatic nitrogens is 2. The van der Waals surface area contributed by atoms with E-state index in [0.717, 1.165) is 54.8 Å². The average molecular weight is 425 g/mol. The average Bonchev–Trinajstić information content (AvgIpc) is 2.81. The second-order valence-corrected chi connectivity index (χ2v) is 8.08. The quantitative estimate of drug-likeness (QED) is 0.318. The first kappa shape index (κ1) is 21.6. The lowest BCUT2D eigenvalue weighted by atomic mass is 9.78. The Morgan fingerprint density at radius 1 is 1.06 bits per heavy atom. The molecule has 2 aromatic carbocycles. The van der Waals surface area contributed by atoms with Crippen LogP contribution in [0.25, 0.3) is 11.1 Å². The number of fused-ring (bicyclic) bond motifs is 1. The van der Waals surface area contributed by atoms with E-state index in [1.807, 2.05) is 13.0 Å². The van der Waals surface area contributed by atoms with Crippen LogP contribution < -0.4 is 5.73 Å². The summed E-state index contributed by atoms with van der Waals surface area (Å²) < 4.78 is 0. The van der Waals surface area contributed by atoms with Crippen molar-refractivity contribution < 1.29 is 4.84 Å². The molecule has 2 N–H and O–H groups in total. The number of oxime groups is 1. The number of nitrogens with two attached hydrogens (primary N) is 1. The summed E-state index contributed by atoms with van der Waals surface area (Å²) in [6.07, 6.45) is 9.44. The van der Waals surface area contributed by atoms with E-state index in [-0.39, 0.29) is 5.92 Å². The monoisotopic (exact) mass is 424 g/mol. The van der Waals surface area contributed by atoms with E-state index < -0.39 is 0 Å². The fourth-order valence-corrected chi connectivity index (χ4v) is 4.37. The molecule has 4 rings (SSSR count). The Morgan fingerprint density at radius 3 is 2.66 bits per heavy atom. The number of anilines is 1. The molecule has 1 atom stereocenters. The van der Waals surface area contributed by atoms with Crippen LogP contribution in [-0.2, 0) is 11.3 Å². The highest BCUT2D eigenvalue weighted by atomic mass is 16.6. The topological polar surface area (TPSA) is 73.4 Å². The van der Waals surface area contributed by atoms with Gasteiger partial charge in [0.2, 0.25) is 5.95 Å². The van der Waals surface area contributed by atoms with Crippen molar-refractivity contribution in [3.8, 4) is 23.5 Å². The number of hydrogen-bond acceptors (Lipinski definition) is 5. The molecule has 32 heavy (non-hydrogen) atoms. The standard InChI is InChI=1S/C27H28N4O/c1-3-4-5-11-16-32-31-25-18-21(17-24-26(25)19(2)29-27(28)30-24)23-15-10-9-14-22(23)20-12-7-6-8-13-20/h1,6-10,12-15,21H,4-5,11,16-18H2,2H3,(H2,28,29,30)/b31-25+. The summed E-state index contributed by atoms with van der Waals surface area (Å²) in [5.41, 5.74) is 13.3. The first-order chi connectivity index (χ1) is 15.7. The minimum Gasteiger partial charge on any atom is -0.396 e. The zero-order chi connectivity index (χ0) is 22.3. The van der Waals surface area contributed by atoms with Crippen molar-refractivity contribution in [1.82, 2.24) is 9.97 Å². The summed E-state index contributed by atoms with van der Waals surface area (Å²) >= 11 is 0. The normalized spacial score (nSPS) is 16.4. The first-order valence-corrected chi connectivity index (χ1v) is 11.1. The van der Waals surface area contributed by atoms with E-state index in [4.69, 9.17) is 17.0 Å². The van der Waals surface area contributed by atoms with Crippen LogP contribution in [0.1, 0.15) is 54.1 Å². The summed E-state index contributed by atoms with van der Waals surface area (Å²) in [7, 11) is 0. The van der Waals surface area contributed by atoms with Gasteiger partial charge >= 0.3 is 0 Å². The maximum Gasteiger partial charge on any atom is 0.220 e. The SMILES string of the molecule is C#CCCCCO/N=C1\CC(c2ccccc2-c2ccccc2)Cc2nc(N)nc(C)c21. The molecule has 0 radical (unpaired) electrons. The third-order valence-corrected chi connectivity index (χ3v) is 5.82. The highest BCUT2D eigenvalue weighted by Gasteiger charge is 2.30. The lowest BCUT2D eigenvalue weighted by molar-refractivity contribution is 0.139. The number of nitrogens with zero attached hydrogens (tertiary/aromatic N) is 3. The van der Waals surface area contributed by atoms with E-state index in [1.54, 1.807) is 0 Å². The van der Waals surface area contributed by atoms with Crippen molar-refractivity contribution in [2.75, 3.05) is 12.3 Å². The number of rotatable bonds is 7. The molecule has 1 aliphatic carbocycles. The molecule has 0 saturated carbocycles. The Bertz CT molecular complexity index is 1150. The Labute approximate surface area is 189 Å². The van der Waals surface area contributed by atoms with Crippen LogP contribution in [0, 0.1) is 19.3 Å². The Hall–Kier alpha value is -3.65. The van der Waals surface area contributed by atoms with Gasteiger partial charge < -0.3 is 10.6 Å². The lowest BCUT2D eigenvalue weighted by Crippen LogP contribution is -2.24. The highest BCUT2D eigenvalue weighted by molar-refractivity contribution is 6.03. The van der Waals surface area contributed by atoms with Gasteiger partial charge in [-0.15, -0.1) is 12.3 Å². The number of unbranched alkanes of at least 4 members (excludes halogenated alkanes) is 2. The molecule has 0 aliphatic heterocycles. The smallest absolute Gasteiger partial charge is 0.220 e. The molecule has 162 valence electrons. The van der Waals surface area contributed by atoms with Crippen molar-refractivity contribution in [1.29, 1.82) is 0 Å². The maximum absolute atomic E-state index is 5.99. The third-order valence-electron chi connectivity index (χ3n) is 5.82. The Kier molecular flexibility index (Phi) is 6.81. The minimum absolute atomic E-state index is 0.219. The molecule has 1 aliphatic rings. The molecule has 0 saturated heterocycles. The van der Waals surface area contributed by atoms with Gasteiger partial charge in [-0.05, 0) is 48.8 Å². The van der Waals surface area contributed by atoms with E-state index in [0.29, 0.717) is 12.6 Å². The largest absolute Gasteiger partial charge is 0.396 e. The Morgan fingerprint density at radius 2 is 1.84 bits per heavy atom. The van der Waals surface area contributed by atoms with Gasteiger partial charge in [0.05, 0.1) is 17.1 Å². The minimum atomic E-state index is 0.219. The highest BCUT2D eigenvalue weighted by Crippen LogP contribution is 2.38. The van der Waals surface area contributed by atoms with Crippen LogP contribution >= 0.6 is 0 Å². The molecule has 0 amide bonds. The predicted octanol–water partition coefficient (Wildman–Crippen LogP) is 5.29. The van der Waals surface area contributed by atoms with Crippen LogP contribution in [0.4, 0.5) is 5.95 Å². The van der Waals surface area contributed by atoms with Crippen LogP contribution in [0.3, 0.4) is 0 Å². The van der Waals surface area contributed by atoms with Gasteiger partial charge in [0.15, 0.2) is 0 Å². The number of nitrogen functional groups attached to an aromatic ring is 1. The summed E-state index contributed by atoms with van der Waals surface area (Å²) in [6, 6.07) is 19.0. The van der Waals surface area contributed by atoms with E-state index in [9.17, 15) is 0 Å². The number of benzene rings is 2. The van der Waals surface area contributed by atoms with Gasteiger partial charge in [-0.2, -0.15) is 0 Å². The third kappa shape index (κ3) is 4.81. The molecular weight excluding hydrogens is 396 g/mol. The van der Waals surface area contributed by atoms with Crippen molar-refractivity contribution in [2.45, 2.75) is 44.9 Å². The number of terminal acetylenes is 1. The fourth-order valence-electron chi connectivity index (χ4n) is 4.37. The van der Waals surface area contributed by atoms with Gasteiger partial charge in [0.1, 0.15) is 6.61 Å². The first-order valence-electron chi connectivity index (χ1n) is 11.1. The van der Waals surface area contributed by atoms with Crippen LogP contribution in [0.2, 0.25) is 0 Å². The molecule has 1 heterocycles. The second-order valence-electron chi connectivity index (χ2n) is 8.08. The van der Waals surface area contributed by atoms with Crippen LogP contribution in [0.15, 0.2) is 59.8 Å². The van der Waals surface area contributed by atoms with Crippen molar-refractivity contribution in [2.24, 2.45) is 5.16 Å². The number of aryl methyl sites for hydroxylation is 1. The van der Waals surface area contributed by atoms with Crippen LogP contribution in [-0.4, -0.2) is 22.3 Å². The van der Waals surface area contributed by atoms with E-state index in [1.165, 1.54) is 16.7 Å². The summed E-state index contributed by atoms with van der Waals surface area (Å²) in [4.78, 5) is 14.7. The van der Waals surface area contributed by atoms with E-state index in [2.05, 4.69) is 69.6 Å². The maximum atomic E-state index is 5.99.